The number of nitrogens with zero attached hydrogens (tertiary/aromatic N) is 1. The summed E-state index contributed by atoms with van der Waals surface area (Å²) < 4.78 is 107. The Balaban J connectivity index is 2.11. The highest BCUT2D eigenvalue weighted by molar-refractivity contribution is 7.92. The van der Waals surface area contributed by atoms with Gasteiger partial charge in [0.05, 0.1) is 16.8 Å². The van der Waals surface area contributed by atoms with Crippen LogP contribution in [0.5, 0.6) is 11.6 Å². The van der Waals surface area contributed by atoms with Crippen LogP contribution < -0.4 is 14.2 Å². The predicted molar refractivity (Wildman–Crippen MR) is 79.7 cm³/mol. The fourth-order valence-corrected chi connectivity index (χ4v) is 2.81. The lowest BCUT2D eigenvalue weighted by molar-refractivity contribution is -0.274. The van der Waals surface area contributed by atoms with Crippen LogP contribution in [0.3, 0.4) is 0 Å². The number of ether oxygens (including phenoxy) is 2. The van der Waals surface area contributed by atoms with E-state index in [9.17, 15) is 34.8 Å². The maximum atomic E-state index is 12.2. The number of anilines is 1. The summed E-state index contributed by atoms with van der Waals surface area (Å²) in [7, 11) is -4.30. The molecule has 0 saturated heterocycles. The van der Waals surface area contributed by atoms with E-state index in [0.29, 0.717) is 6.07 Å². The van der Waals surface area contributed by atoms with E-state index in [-0.39, 0.29) is 5.69 Å². The van der Waals surface area contributed by atoms with Crippen LogP contribution in [0.25, 0.3) is 0 Å². The zero-order valence-corrected chi connectivity index (χ0v) is 13.8. The Hall–Kier alpha value is -2.70. The first-order chi connectivity index (χ1) is 12.3. The van der Waals surface area contributed by atoms with Crippen LogP contribution in [0, 0.1) is 0 Å². The summed E-state index contributed by atoms with van der Waals surface area (Å²) in [6.07, 6.45) is -8.67. The van der Waals surface area contributed by atoms with E-state index >= 15 is 0 Å². The molecule has 148 valence electrons. The normalized spacial score (nSPS) is 12.5. The van der Waals surface area contributed by atoms with E-state index < -0.39 is 45.7 Å². The molecule has 0 bridgehead atoms. The van der Waals surface area contributed by atoms with Crippen LogP contribution in [0.4, 0.5) is 32.0 Å². The second kappa shape index (κ2) is 7.50. The van der Waals surface area contributed by atoms with Crippen LogP contribution in [-0.2, 0) is 10.0 Å². The molecule has 0 aliphatic heterocycles. The van der Waals surface area contributed by atoms with E-state index in [1.165, 1.54) is 0 Å². The summed E-state index contributed by atoms with van der Waals surface area (Å²) in [5.41, 5.74) is -0.142. The van der Waals surface area contributed by atoms with E-state index in [2.05, 4.69) is 14.5 Å². The first-order valence-electron chi connectivity index (χ1n) is 6.88. The van der Waals surface area contributed by atoms with Crippen molar-refractivity contribution in [1.29, 1.82) is 0 Å². The lowest BCUT2D eigenvalue weighted by Gasteiger charge is -2.12. The first-order valence-corrected chi connectivity index (χ1v) is 8.37. The van der Waals surface area contributed by atoms with Crippen molar-refractivity contribution in [3.63, 3.8) is 0 Å². The Bertz CT molecular complexity index is 882. The zero-order chi connectivity index (χ0) is 20.3. The Morgan fingerprint density at radius 1 is 1.04 bits per heavy atom. The molecule has 0 unspecified atom stereocenters. The number of pyridine rings is 1. The van der Waals surface area contributed by atoms with Gasteiger partial charge in [0, 0.05) is 12.1 Å². The van der Waals surface area contributed by atoms with Gasteiger partial charge in [-0.05, 0) is 18.2 Å². The second-order valence-corrected chi connectivity index (χ2v) is 6.60. The Kier molecular flexibility index (Phi) is 5.73. The number of nitrogens with one attached hydrogen (secondary N) is 1. The van der Waals surface area contributed by atoms with Gasteiger partial charge in [-0.25, -0.2) is 13.4 Å². The molecule has 6 nitrogen and oxygen atoms in total. The molecule has 0 atom stereocenters. The third-order valence-electron chi connectivity index (χ3n) is 2.72. The van der Waals surface area contributed by atoms with Gasteiger partial charge >= 0.3 is 12.5 Å². The fraction of sp³-hybridized carbons (Fsp3) is 0.214. The van der Waals surface area contributed by atoms with Crippen LogP contribution in [0.1, 0.15) is 0 Å². The number of hydrogen-bond donors (Lipinski definition) is 1. The van der Waals surface area contributed by atoms with Gasteiger partial charge < -0.3 is 9.47 Å². The number of benzene rings is 1. The van der Waals surface area contributed by atoms with Gasteiger partial charge in [0.25, 0.3) is 10.0 Å². The van der Waals surface area contributed by atoms with Gasteiger partial charge in [0.2, 0.25) is 5.88 Å². The molecule has 1 N–H and O–H groups in total. The predicted octanol–water partition coefficient (Wildman–Crippen LogP) is 3.72. The molecule has 1 heterocycles. The third-order valence-corrected chi connectivity index (χ3v) is 4.10. The smallest absolute Gasteiger partial charge is 0.468 e. The average molecular weight is 416 g/mol. The molecule has 1 aromatic heterocycles. The highest BCUT2D eigenvalue weighted by Gasteiger charge is 2.31. The van der Waals surface area contributed by atoms with E-state index in [1.807, 2.05) is 4.72 Å². The minimum Gasteiger partial charge on any atom is -0.468 e. The topological polar surface area (TPSA) is 77.5 Å². The Labute approximate surface area is 148 Å². The SMILES string of the molecule is O=S(=O)(Nc1ccc(OCC(F)(F)F)nc1)c1cccc(OC(F)(F)F)c1. The molecule has 2 aromatic rings. The summed E-state index contributed by atoms with van der Waals surface area (Å²) >= 11 is 0. The zero-order valence-electron chi connectivity index (χ0n) is 13.0. The van der Waals surface area contributed by atoms with Crippen molar-refractivity contribution in [2.75, 3.05) is 11.3 Å². The van der Waals surface area contributed by atoms with Crippen molar-refractivity contribution in [2.45, 2.75) is 17.4 Å². The molecule has 2 rings (SSSR count). The maximum Gasteiger partial charge on any atom is 0.573 e. The van der Waals surface area contributed by atoms with Gasteiger partial charge in [-0.2, -0.15) is 13.2 Å². The molecule has 0 spiro atoms. The van der Waals surface area contributed by atoms with Crippen molar-refractivity contribution in [3.8, 4) is 11.6 Å². The molecule has 0 amide bonds. The van der Waals surface area contributed by atoms with Gasteiger partial charge in [0.15, 0.2) is 6.61 Å². The van der Waals surface area contributed by atoms with Crippen molar-refractivity contribution in [2.24, 2.45) is 0 Å². The van der Waals surface area contributed by atoms with Crippen LogP contribution in [0.15, 0.2) is 47.5 Å². The van der Waals surface area contributed by atoms with E-state index in [0.717, 1.165) is 36.5 Å². The Morgan fingerprint density at radius 3 is 2.30 bits per heavy atom. The highest BCUT2D eigenvalue weighted by atomic mass is 32.2. The fourth-order valence-electron chi connectivity index (χ4n) is 1.73. The van der Waals surface area contributed by atoms with E-state index in [1.54, 1.807) is 0 Å². The summed E-state index contributed by atoms with van der Waals surface area (Å²) in [5, 5.41) is 0. The van der Waals surface area contributed by atoms with Crippen molar-refractivity contribution in [3.05, 3.63) is 42.6 Å². The minimum atomic E-state index is -4.99. The number of alkyl halides is 6. The summed E-state index contributed by atoms with van der Waals surface area (Å²) in [5.74, 6) is -1.13. The van der Waals surface area contributed by atoms with Crippen LogP contribution in [0.2, 0.25) is 0 Å². The monoisotopic (exact) mass is 416 g/mol. The van der Waals surface area contributed by atoms with Gasteiger partial charge in [-0.3, -0.25) is 4.72 Å². The molecule has 13 heteroatoms. The van der Waals surface area contributed by atoms with Gasteiger partial charge in [-0.15, -0.1) is 13.2 Å². The third kappa shape index (κ3) is 6.84. The van der Waals surface area contributed by atoms with Crippen LogP contribution in [-0.4, -0.2) is 32.5 Å². The first kappa shape index (κ1) is 20.6. The molecule has 0 saturated carbocycles. The molecule has 0 aliphatic rings. The number of hydrogen-bond acceptors (Lipinski definition) is 5. The molecule has 0 aliphatic carbocycles. The summed E-state index contributed by atoms with van der Waals surface area (Å²) in [6.45, 7) is -1.57. The summed E-state index contributed by atoms with van der Waals surface area (Å²) in [4.78, 5) is 2.98. The standard InChI is InChI=1S/C14H10F6N2O4S/c15-13(16,17)8-25-12-5-4-9(7-21-12)22-27(23,24)11-3-1-2-10(6-11)26-14(18,19)20/h1-7,22H,8H2. The second-order valence-electron chi connectivity index (χ2n) is 4.92. The molecule has 0 radical (unpaired) electrons. The van der Waals surface area contributed by atoms with Crippen molar-refractivity contribution < 1.29 is 44.2 Å². The molecule has 0 fully saturated rings. The van der Waals surface area contributed by atoms with Gasteiger partial charge in [0.1, 0.15) is 5.75 Å². The van der Waals surface area contributed by atoms with E-state index in [4.69, 9.17) is 0 Å². The number of sulfonamides is 1. The Morgan fingerprint density at radius 2 is 1.74 bits per heavy atom. The maximum absolute atomic E-state index is 12.2. The minimum absolute atomic E-state index is 0.142. The van der Waals surface area contributed by atoms with Crippen LogP contribution >= 0.6 is 0 Å². The molecule has 27 heavy (non-hydrogen) atoms. The largest absolute Gasteiger partial charge is 0.573 e. The highest BCUT2D eigenvalue weighted by Crippen LogP contribution is 2.26. The number of halogens is 6. The summed E-state index contributed by atoms with van der Waals surface area (Å²) in [6, 6.07) is 5.71. The van der Waals surface area contributed by atoms with Crippen molar-refractivity contribution >= 4 is 15.7 Å². The number of aromatic nitrogens is 1. The lowest BCUT2D eigenvalue weighted by atomic mass is 10.3. The molecular formula is C14H10F6N2O4S. The molecule has 1 aromatic carbocycles. The average Bonchev–Trinajstić information content (AvgIpc) is 2.52. The van der Waals surface area contributed by atoms with Crippen molar-refractivity contribution in [1.82, 2.24) is 4.98 Å². The van der Waals surface area contributed by atoms with Gasteiger partial charge in [-0.1, -0.05) is 6.07 Å². The lowest BCUT2D eigenvalue weighted by Crippen LogP contribution is -2.19. The quantitative estimate of drug-likeness (QED) is 0.727. The molecular weight excluding hydrogens is 406 g/mol. The number of rotatable bonds is 6.